The molecule has 1 aromatic carbocycles. The van der Waals surface area contributed by atoms with Gasteiger partial charge in [0.1, 0.15) is 5.01 Å². The summed E-state index contributed by atoms with van der Waals surface area (Å²) in [4.78, 5) is 5.99. The Bertz CT molecular complexity index is 570. The molecule has 1 aromatic heterocycles. The van der Waals surface area contributed by atoms with E-state index in [9.17, 15) is 0 Å². The standard InChI is InChI=1S/C15H19BrN2S/c1-10-13(9-17-15(2,3)4)19-14(18-10)11-6-5-7-12(16)8-11/h5-8,17H,9H2,1-4H3. The molecule has 0 saturated heterocycles. The minimum absolute atomic E-state index is 0.131. The average Bonchev–Trinajstić information content (AvgIpc) is 2.67. The maximum absolute atomic E-state index is 4.68. The van der Waals surface area contributed by atoms with Gasteiger partial charge in [-0.1, -0.05) is 28.1 Å². The lowest BCUT2D eigenvalue weighted by Gasteiger charge is -2.19. The minimum atomic E-state index is 0.131. The highest BCUT2D eigenvalue weighted by Gasteiger charge is 2.13. The van der Waals surface area contributed by atoms with Gasteiger partial charge in [0.05, 0.1) is 5.69 Å². The van der Waals surface area contributed by atoms with Crippen LogP contribution in [-0.4, -0.2) is 10.5 Å². The maximum Gasteiger partial charge on any atom is 0.123 e. The van der Waals surface area contributed by atoms with Crippen molar-refractivity contribution in [2.24, 2.45) is 0 Å². The summed E-state index contributed by atoms with van der Waals surface area (Å²) in [7, 11) is 0. The molecule has 0 atom stereocenters. The van der Waals surface area contributed by atoms with Gasteiger partial charge in [0.15, 0.2) is 0 Å². The zero-order chi connectivity index (χ0) is 14.0. The smallest absolute Gasteiger partial charge is 0.123 e. The van der Waals surface area contributed by atoms with Gasteiger partial charge < -0.3 is 5.32 Å². The molecule has 0 unspecified atom stereocenters. The minimum Gasteiger partial charge on any atom is -0.307 e. The van der Waals surface area contributed by atoms with Crippen LogP contribution in [0.4, 0.5) is 0 Å². The molecule has 0 aliphatic rings. The SMILES string of the molecule is Cc1nc(-c2cccc(Br)c2)sc1CNC(C)(C)C. The van der Waals surface area contributed by atoms with E-state index in [0.717, 1.165) is 21.7 Å². The number of nitrogens with one attached hydrogen (secondary N) is 1. The molecule has 19 heavy (non-hydrogen) atoms. The van der Waals surface area contributed by atoms with Gasteiger partial charge in [-0.25, -0.2) is 4.98 Å². The maximum atomic E-state index is 4.68. The van der Waals surface area contributed by atoms with Crippen LogP contribution in [0.1, 0.15) is 31.3 Å². The summed E-state index contributed by atoms with van der Waals surface area (Å²) in [6, 6.07) is 8.29. The number of hydrogen-bond acceptors (Lipinski definition) is 3. The predicted molar refractivity (Wildman–Crippen MR) is 86.6 cm³/mol. The Balaban J connectivity index is 2.21. The highest BCUT2D eigenvalue weighted by atomic mass is 79.9. The molecule has 0 radical (unpaired) electrons. The number of halogens is 1. The van der Waals surface area contributed by atoms with Crippen LogP contribution in [-0.2, 0) is 6.54 Å². The number of benzene rings is 1. The van der Waals surface area contributed by atoms with Crippen LogP contribution in [0.25, 0.3) is 10.6 Å². The second kappa shape index (κ2) is 5.73. The Labute approximate surface area is 127 Å². The Hall–Kier alpha value is -0.710. The molecule has 2 nitrogen and oxygen atoms in total. The number of hydrogen-bond donors (Lipinski definition) is 1. The predicted octanol–water partition coefficient (Wildman–Crippen LogP) is 4.77. The molecule has 0 bridgehead atoms. The Morgan fingerprint density at radius 2 is 2.05 bits per heavy atom. The fourth-order valence-corrected chi connectivity index (χ4v) is 3.08. The molecule has 2 rings (SSSR count). The quantitative estimate of drug-likeness (QED) is 0.871. The van der Waals surface area contributed by atoms with Crippen LogP contribution in [0.15, 0.2) is 28.7 Å². The molecule has 2 aromatic rings. The van der Waals surface area contributed by atoms with Gasteiger partial charge in [-0.05, 0) is 39.8 Å². The topological polar surface area (TPSA) is 24.9 Å². The summed E-state index contributed by atoms with van der Waals surface area (Å²) >= 11 is 5.27. The van der Waals surface area contributed by atoms with E-state index in [2.05, 4.69) is 66.1 Å². The van der Waals surface area contributed by atoms with E-state index in [-0.39, 0.29) is 5.54 Å². The third-order valence-electron chi connectivity index (χ3n) is 2.74. The van der Waals surface area contributed by atoms with Crippen LogP contribution < -0.4 is 5.32 Å². The first kappa shape index (κ1) is 14.7. The lowest BCUT2D eigenvalue weighted by molar-refractivity contribution is 0.425. The van der Waals surface area contributed by atoms with Crippen molar-refractivity contribution in [1.29, 1.82) is 0 Å². The van der Waals surface area contributed by atoms with E-state index >= 15 is 0 Å². The van der Waals surface area contributed by atoms with E-state index in [4.69, 9.17) is 0 Å². The van der Waals surface area contributed by atoms with Crippen molar-refractivity contribution in [3.05, 3.63) is 39.3 Å². The molecule has 0 spiro atoms. The fourth-order valence-electron chi connectivity index (χ4n) is 1.68. The third-order valence-corrected chi connectivity index (χ3v) is 4.44. The van der Waals surface area contributed by atoms with Crippen LogP contribution >= 0.6 is 27.3 Å². The molecule has 1 N–H and O–H groups in total. The molecule has 0 aliphatic heterocycles. The van der Waals surface area contributed by atoms with Crippen molar-refractivity contribution in [2.75, 3.05) is 0 Å². The average molecular weight is 339 g/mol. The van der Waals surface area contributed by atoms with E-state index in [0.29, 0.717) is 0 Å². The first-order chi connectivity index (χ1) is 8.85. The third kappa shape index (κ3) is 4.13. The normalized spacial score (nSPS) is 11.8. The molecule has 1 heterocycles. The van der Waals surface area contributed by atoms with E-state index < -0.39 is 0 Å². The summed E-state index contributed by atoms with van der Waals surface area (Å²) in [5.74, 6) is 0. The molecular formula is C15H19BrN2S. The number of aryl methyl sites for hydroxylation is 1. The van der Waals surface area contributed by atoms with Gasteiger partial charge in [-0.3, -0.25) is 0 Å². The Morgan fingerprint density at radius 1 is 1.32 bits per heavy atom. The second-order valence-electron chi connectivity index (χ2n) is 5.64. The molecule has 0 aliphatic carbocycles. The molecule has 4 heteroatoms. The van der Waals surface area contributed by atoms with Gasteiger partial charge in [0, 0.05) is 27.0 Å². The number of aromatic nitrogens is 1. The van der Waals surface area contributed by atoms with Crippen molar-refractivity contribution in [3.63, 3.8) is 0 Å². The van der Waals surface area contributed by atoms with E-state index in [1.54, 1.807) is 11.3 Å². The zero-order valence-corrected chi connectivity index (χ0v) is 14.2. The van der Waals surface area contributed by atoms with Crippen LogP contribution in [0.2, 0.25) is 0 Å². The summed E-state index contributed by atoms with van der Waals surface area (Å²) < 4.78 is 1.09. The number of thiazole rings is 1. The largest absolute Gasteiger partial charge is 0.307 e. The van der Waals surface area contributed by atoms with Crippen molar-refractivity contribution in [1.82, 2.24) is 10.3 Å². The first-order valence-corrected chi connectivity index (χ1v) is 7.93. The zero-order valence-electron chi connectivity index (χ0n) is 11.7. The Morgan fingerprint density at radius 3 is 2.68 bits per heavy atom. The second-order valence-corrected chi connectivity index (χ2v) is 7.64. The molecule has 0 amide bonds. The molecule has 0 fully saturated rings. The highest BCUT2D eigenvalue weighted by Crippen LogP contribution is 2.29. The summed E-state index contributed by atoms with van der Waals surface area (Å²) in [5, 5.41) is 4.60. The van der Waals surface area contributed by atoms with E-state index in [1.807, 2.05) is 12.1 Å². The van der Waals surface area contributed by atoms with Gasteiger partial charge in [0.25, 0.3) is 0 Å². The van der Waals surface area contributed by atoms with E-state index in [1.165, 1.54) is 10.4 Å². The van der Waals surface area contributed by atoms with Crippen LogP contribution in [0, 0.1) is 6.92 Å². The number of rotatable bonds is 3. The van der Waals surface area contributed by atoms with Crippen molar-refractivity contribution in [3.8, 4) is 10.6 Å². The lowest BCUT2D eigenvalue weighted by Crippen LogP contribution is -2.34. The first-order valence-electron chi connectivity index (χ1n) is 6.32. The summed E-state index contributed by atoms with van der Waals surface area (Å²) in [5.41, 5.74) is 2.42. The van der Waals surface area contributed by atoms with Crippen LogP contribution in [0.5, 0.6) is 0 Å². The summed E-state index contributed by atoms with van der Waals surface area (Å²) in [6.07, 6.45) is 0. The molecular weight excluding hydrogens is 320 g/mol. The van der Waals surface area contributed by atoms with Gasteiger partial charge in [-0.2, -0.15) is 0 Å². The Kier molecular flexibility index (Phi) is 4.43. The van der Waals surface area contributed by atoms with Crippen LogP contribution in [0.3, 0.4) is 0 Å². The van der Waals surface area contributed by atoms with Crippen molar-refractivity contribution in [2.45, 2.75) is 39.8 Å². The monoisotopic (exact) mass is 338 g/mol. The fraction of sp³-hybridized carbons (Fsp3) is 0.400. The molecule has 102 valence electrons. The van der Waals surface area contributed by atoms with Gasteiger partial charge in [0.2, 0.25) is 0 Å². The number of nitrogens with zero attached hydrogens (tertiary/aromatic N) is 1. The van der Waals surface area contributed by atoms with Gasteiger partial charge >= 0.3 is 0 Å². The van der Waals surface area contributed by atoms with Crippen molar-refractivity contribution >= 4 is 27.3 Å². The molecule has 0 saturated carbocycles. The summed E-state index contributed by atoms with van der Waals surface area (Å²) in [6.45, 7) is 9.49. The van der Waals surface area contributed by atoms with Crippen molar-refractivity contribution < 1.29 is 0 Å². The lowest BCUT2D eigenvalue weighted by atomic mass is 10.1. The highest BCUT2D eigenvalue weighted by molar-refractivity contribution is 9.10. The van der Waals surface area contributed by atoms with Gasteiger partial charge in [-0.15, -0.1) is 11.3 Å².